The van der Waals surface area contributed by atoms with Crippen LogP contribution in [0.4, 0.5) is 0 Å². The average molecular weight is 582 g/mol. The lowest BCUT2D eigenvalue weighted by Crippen LogP contribution is -2.45. The summed E-state index contributed by atoms with van der Waals surface area (Å²) in [5.74, 6) is -0.440. The minimum absolute atomic E-state index is 0.112. The van der Waals surface area contributed by atoms with Crippen molar-refractivity contribution in [1.82, 2.24) is 20.0 Å². The van der Waals surface area contributed by atoms with E-state index in [-0.39, 0.29) is 18.0 Å². The summed E-state index contributed by atoms with van der Waals surface area (Å²) in [5, 5.41) is 24.3. The SMILES string of the molecule is C=C(c1ccc2c(c1)CCc1cc(C(=O)N(C)C)ccc1C2(C[C@H](C)NCC(=C)N1C(C#N)C[C@@H]2C[C@@H]21)C(=O)O)N(C)C. The molecule has 0 spiro atoms. The van der Waals surface area contributed by atoms with E-state index in [0.29, 0.717) is 43.3 Å². The smallest absolute Gasteiger partial charge is 0.318 e. The Labute approximate surface area is 255 Å². The third kappa shape index (κ3) is 5.43. The van der Waals surface area contributed by atoms with E-state index in [9.17, 15) is 20.0 Å². The number of benzene rings is 2. The van der Waals surface area contributed by atoms with Crippen molar-refractivity contribution in [3.8, 4) is 6.07 Å². The van der Waals surface area contributed by atoms with Gasteiger partial charge in [0.25, 0.3) is 5.91 Å². The molecule has 2 unspecified atom stereocenters. The van der Waals surface area contributed by atoms with Gasteiger partial charge in [0.1, 0.15) is 11.5 Å². The predicted octanol–water partition coefficient (Wildman–Crippen LogP) is 4.26. The number of piperidine rings is 1. The lowest BCUT2D eigenvalue weighted by molar-refractivity contribution is -0.142. The number of fused-ring (bicyclic) bond motifs is 3. The van der Waals surface area contributed by atoms with Crippen LogP contribution in [0.5, 0.6) is 0 Å². The molecule has 2 aromatic carbocycles. The number of nitrogens with one attached hydrogen (secondary N) is 1. The fourth-order valence-corrected chi connectivity index (χ4v) is 7.16. The fourth-order valence-electron chi connectivity index (χ4n) is 7.16. The molecule has 2 aliphatic carbocycles. The van der Waals surface area contributed by atoms with Crippen molar-refractivity contribution in [3.05, 3.63) is 88.6 Å². The fraction of sp³-hybridized carbons (Fsp3) is 0.457. The van der Waals surface area contributed by atoms with Crippen LogP contribution in [0.25, 0.3) is 5.70 Å². The van der Waals surface area contributed by atoms with Gasteiger partial charge in [0, 0.05) is 63.8 Å². The second kappa shape index (κ2) is 11.5. The zero-order valence-corrected chi connectivity index (χ0v) is 26.0. The molecule has 1 aliphatic heterocycles. The number of rotatable bonds is 10. The van der Waals surface area contributed by atoms with Gasteiger partial charge in [-0.05, 0) is 91.0 Å². The standard InChI is InChI=1S/C35H43N5O3/c1-21(37-20-22(2)40-29(19-36)16-28-17-32(28)40)18-35(34(42)43)30-12-10-24(23(3)38(4)5)14-25(30)8-9-26-15-27(11-13-31(26)35)33(41)39(6)7/h10-15,21,28-29,32,37H,2-3,8-9,16-18,20H2,1,4-7H3,(H,42,43)/t21-,28+,29?,32-,35?/m0/s1. The van der Waals surface area contributed by atoms with Crippen LogP contribution in [0.2, 0.25) is 0 Å². The largest absolute Gasteiger partial charge is 0.480 e. The number of carboxylic acid groups (broad SMARTS) is 1. The Morgan fingerprint density at radius 2 is 1.65 bits per heavy atom. The van der Waals surface area contributed by atoms with E-state index in [1.54, 1.807) is 20.2 Å². The molecule has 1 amide bonds. The van der Waals surface area contributed by atoms with E-state index >= 15 is 0 Å². The second-order valence-corrected chi connectivity index (χ2v) is 12.9. The third-order valence-electron chi connectivity index (χ3n) is 9.57. The molecular weight excluding hydrogens is 538 g/mol. The molecule has 2 aromatic rings. The Bertz CT molecular complexity index is 1450. The molecule has 1 saturated carbocycles. The highest BCUT2D eigenvalue weighted by Gasteiger charge is 2.52. The Morgan fingerprint density at radius 3 is 2.21 bits per heavy atom. The summed E-state index contributed by atoms with van der Waals surface area (Å²) in [5.41, 5.74) is 5.27. The van der Waals surface area contributed by atoms with Gasteiger partial charge in [-0.25, -0.2) is 0 Å². The van der Waals surface area contributed by atoms with Crippen LogP contribution in [-0.4, -0.2) is 84.5 Å². The molecular formula is C35H43N5O3. The molecule has 8 heteroatoms. The number of nitrogens with zero attached hydrogens (tertiary/aromatic N) is 4. The first kappa shape index (κ1) is 30.4. The summed E-state index contributed by atoms with van der Waals surface area (Å²) >= 11 is 0. The summed E-state index contributed by atoms with van der Waals surface area (Å²) < 4.78 is 0. The molecule has 2 fully saturated rings. The number of carboxylic acids is 1. The maximum absolute atomic E-state index is 13.6. The van der Waals surface area contributed by atoms with Crippen molar-refractivity contribution in [3.63, 3.8) is 0 Å². The molecule has 2 N–H and O–H groups in total. The Morgan fingerprint density at radius 1 is 1.05 bits per heavy atom. The van der Waals surface area contributed by atoms with Gasteiger partial charge in [-0.1, -0.05) is 31.4 Å². The molecule has 43 heavy (non-hydrogen) atoms. The highest BCUT2D eigenvalue weighted by atomic mass is 16.4. The predicted molar refractivity (Wildman–Crippen MR) is 168 cm³/mol. The molecule has 1 saturated heterocycles. The Balaban J connectivity index is 1.52. The highest BCUT2D eigenvalue weighted by Crippen LogP contribution is 2.49. The number of aryl methyl sites for hydroxylation is 2. The van der Waals surface area contributed by atoms with Crippen molar-refractivity contribution in [2.45, 2.75) is 62.6 Å². The lowest BCUT2D eigenvalue weighted by atomic mass is 9.68. The van der Waals surface area contributed by atoms with Crippen LogP contribution in [0.3, 0.4) is 0 Å². The zero-order chi connectivity index (χ0) is 31.2. The van der Waals surface area contributed by atoms with Crippen LogP contribution in [0.1, 0.15) is 64.4 Å². The summed E-state index contributed by atoms with van der Waals surface area (Å²) in [6.07, 6.45) is 3.58. The molecule has 5 rings (SSSR count). The van der Waals surface area contributed by atoms with Gasteiger partial charge in [0.15, 0.2) is 0 Å². The summed E-state index contributed by atoms with van der Waals surface area (Å²) in [6.45, 7) is 11.0. The molecule has 0 bridgehead atoms. The van der Waals surface area contributed by atoms with E-state index in [2.05, 4.69) is 35.5 Å². The number of hydrogen-bond acceptors (Lipinski definition) is 6. The third-order valence-corrected chi connectivity index (χ3v) is 9.57. The monoisotopic (exact) mass is 581 g/mol. The first-order valence-electron chi connectivity index (χ1n) is 15.1. The van der Waals surface area contributed by atoms with Gasteiger partial charge in [-0.15, -0.1) is 0 Å². The minimum atomic E-state index is -1.34. The molecule has 0 aromatic heterocycles. The van der Waals surface area contributed by atoms with Crippen LogP contribution < -0.4 is 5.32 Å². The molecule has 8 nitrogen and oxygen atoms in total. The number of carbonyl (C=O) groups is 2. The van der Waals surface area contributed by atoms with Crippen molar-refractivity contribution in [1.29, 1.82) is 5.26 Å². The van der Waals surface area contributed by atoms with Crippen molar-refractivity contribution >= 4 is 17.6 Å². The van der Waals surface area contributed by atoms with Gasteiger partial charge in [-0.3, -0.25) is 9.59 Å². The normalized spacial score (nSPS) is 24.0. The van der Waals surface area contributed by atoms with Gasteiger partial charge >= 0.3 is 5.97 Å². The number of hydrogen-bond donors (Lipinski definition) is 2. The van der Waals surface area contributed by atoms with Crippen molar-refractivity contribution in [2.24, 2.45) is 5.92 Å². The van der Waals surface area contributed by atoms with Crippen molar-refractivity contribution < 1.29 is 14.7 Å². The number of likely N-dealkylation sites (tertiary alicyclic amines) is 1. The number of amides is 1. The topological polar surface area (TPSA) is 99.9 Å². The van der Waals surface area contributed by atoms with E-state index in [0.717, 1.165) is 52.1 Å². The molecule has 3 aliphatic rings. The number of nitriles is 1. The first-order valence-corrected chi connectivity index (χ1v) is 15.1. The summed E-state index contributed by atoms with van der Waals surface area (Å²) in [6, 6.07) is 14.0. The Hall–Kier alpha value is -4.09. The van der Waals surface area contributed by atoms with Gasteiger partial charge in [-0.2, -0.15) is 5.26 Å². The molecule has 226 valence electrons. The van der Waals surface area contributed by atoms with Gasteiger partial charge in [0.2, 0.25) is 0 Å². The van der Waals surface area contributed by atoms with E-state index in [1.165, 1.54) is 4.90 Å². The first-order chi connectivity index (χ1) is 20.4. The van der Waals surface area contributed by atoms with E-state index < -0.39 is 11.4 Å². The molecule has 5 atom stereocenters. The maximum Gasteiger partial charge on any atom is 0.318 e. The van der Waals surface area contributed by atoms with Crippen LogP contribution >= 0.6 is 0 Å². The lowest BCUT2D eigenvalue weighted by Gasteiger charge is -2.36. The van der Waals surface area contributed by atoms with Crippen LogP contribution in [0, 0.1) is 17.2 Å². The highest BCUT2D eigenvalue weighted by molar-refractivity contribution is 5.95. The van der Waals surface area contributed by atoms with Gasteiger partial charge < -0.3 is 25.1 Å². The maximum atomic E-state index is 13.6. The number of carbonyl (C=O) groups excluding carboxylic acids is 1. The minimum Gasteiger partial charge on any atom is -0.480 e. The molecule has 0 radical (unpaired) electrons. The van der Waals surface area contributed by atoms with Crippen LogP contribution in [-0.2, 0) is 23.1 Å². The molecule has 1 heterocycles. The van der Waals surface area contributed by atoms with Crippen LogP contribution in [0.15, 0.2) is 55.3 Å². The van der Waals surface area contributed by atoms with Crippen molar-refractivity contribution in [2.75, 3.05) is 34.7 Å². The zero-order valence-electron chi connectivity index (χ0n) is 26.0. The second-order valence-electron chi connectivity index (χ2n) is 12.9. The number of aliphatic carboxylic acids is 1. The van der Waals surface area contributed by atoms with Gasteiger partial charge in [0.05, 0.1) is 6.07 Å². The van der Waals surface area contributed by atoms with E-state index in [4.69, 9.17) is 0 Å². The summed E-state index contributed by atoms with van der Waals surface area (Å²) in [4.78, 5) is 32.2. The average Bonchev–Trinajstić information content (AvgIpc) is 3.67. The Kier molecular flexibility index (Phi) is 8.15. The quantitative estimate of drug-likeness (QED) is 0.433. The summed E-state index contributed by atoms with van der Waals surface area (Å²) in [7, 11) is 7.33. The van der Waals surface area contributed by atoms with E-state index in [1.807, 2.05) is 50.2 Å².